The number of thioether (sulfide) groups is 1. The third kappa shape index (κ3) is 6.39. The molecule has 8 nitrogen and oxygen atoms in total. The third-order valence-electron chi connectivity index (χ3n) is 3.97. The van der Waals surface area contributed by atoms with Crippen molar-refractivity contribution in [2.75, 3.05) is 17.6 Å². The minimum Gasteiger partial charge on any atom is -0.444 e. The Bertz CT molecular complexity index is 1120. The van der Waals surface area contributed by atoms with Crippen LogP contribution in [0.25, 0.3) is 10.3 Å². The molecule has 0 aliphatic heterocycles. The van der Waals surface area contributed by atoms with Crippen molar-refractivity contribution in [3.8, 4) is 0 Å². The molecule has 0 saturated carbocycles. The minimum absolute atomic E-state index is 0.143. The summed E-state index contributed by atoms with van der Waals surface area (Å²) in [5.41, 5.74) is 5.86. The van der Waals surface area contributed by atoms with E-state index in [0.29, 0.717) is 26.5 Å². The van der Waals surface area contributed by atoms with Gasteiger partial charge in [0, 0.05) is 23.9 Å². The molecule has 0 fully saturated rings. The quantitative estimate of drug-likeness (QED) is 0.332. The Balaban J connectivity index is 1.73. The summed E-state index contributed by atoms with van der Waals surface area (Å²) < 4.78 is 33.3. The number of hydrogen-bond acceptors (Lipinski definition) is 9. The number of hydrogen-bond donors (Lipinski definition) is 3. The van der Waals surface area contributed by atoms with E-state index in [2.05, 4.69) is 25.6 Å². The van der Waals surface area contributed by atoms with Gasteiger partial charge in [0.1, 0.15) is 10.3 Å². The lowest BCUT2D eigenvalue weighted by Gasteiger charge is -2.21. The molecule has 32 heavy (non-hydrogen) atoms. The molecule has 1 atom stereocenters. The van der Waals surface area contributed by atoms with Crippen molar-refractivity contribution in [3.63, 3.8) is 0 Å². The summed E-state index contributed by atoms with van der Waals surface area (Å²) in [5.74, 6) is -1.16. The molecule has 0 saturated heterocycles. The highest BCUT2D eigenvalue weighted by atomic mass is 32.2. The molecule has 4 N–H and O–H groups in total. The van der Waals surface area contributed by atoms with E-state index in [1.807, 2.05) is 6.92 Å². The molecular weight excluding hydrogens is 458 g/mol. The first-order valence-corrected chi connectivity index (χ1v) is 11.5. The van der Waals surface area contributed by atoms with E-state index < -0.39 is 23.3 Å². The van der Waals surface area contributed by atoms with Gasteiger partial charge in [0.15, 0.2) is 33.4 Å². The van der Waals surface area contributed by atoms with E-state index in [1.165, 1.54) is 23.5 Å². The first-order valence-electron chi connectivity index (χ1n) is 9.75. The van der Waals surface area contributed by atoms with Gasteiger partial charge in [-0.15, -0.1) is 0 Å². The van der Waals surface area contributed by atoms with Crippen molar-refractivity contribution in [2.45, 2.75) is 50.2 Å². The predicted octanol–water partition coefficient (Wildman–Crippen LogP) is 4.56. The fourth-order valence-corrected chi connectivity index (χ4v) is 4.16. The summed E-state index contributed by atoms with van der Waals surface area (Å²) in [4.78, 5) is 25.0. The summed E-state index contributed by atoms with van der Waals surface area (Å²) >= 11 is 2.38. The Labute approximate surface area is 192 Å². The third-order valence-corrected chi connectivity index (χ3v) is 5.75. The maximum Gasteiger partial charge on any atom is 0.407 e. The van der Waals surface area contributed by atoms with Crippen molar-refractivity contribution in [1.29, 1.82) is 0 Å². The number of anilines is 2. The van der Waals surface area contributed by atoms with Gasteiger partial charge in [-0.3, -0.25) is 0 Å². The van der Waals surface area contributed by atoms with Crippen LogP contribution in [-0.2, 0) is 10.5 Å². The van der Waals surface area contributed by atoms with Crippen LogP contribution >= 0.6 is 23.1 Å². The number of nitrogens with two attached hydrogens (primary N) is 1. The molecule has 3 rings (SSSR count). The smallest absolute Gasteiger partial charge is 0.407 e. The molecule has 3 aromatic rings. The van der Waals surface area contributed by atoms with Crippen molar-refractivity contribution < 1.29 is 18.3 Å². The van der Waals surface area contributed by atoms with Crippen LogP contribution in [0.5, 0.6) is 0 Å². The van der Waals surface area contributed by atoms with Crippen LogP contribution in [0, 0.1) is 11.6 Å². The minimum atomic E-state index is -0.902. The van der Waals surface area contributed by atoms with E-state index in [0.717, 1.165) is 17.8 Å². The van der Waals surface area contributed by atoms with Gasteiger partial charge in [-0.05, 0) is 33.8 Å². The molecule has 1 amide bonds. The van der Waals surface area contributed by atoms with Gasteiger partial charge >= 0.3 is 6.09 Å². The molecule has 0 aliphatic rings. The van der Waals surface area contributed by atoms with Crippen LogP contribution in [0.1, 0.15) is 33.3 Å². The number of aromatic nitrogens is 3. The van der Waals surface area contributed by atoms with Crippen LogP contribution in [-0.4, -0.2) is 39.2 Å². The topological polar surface area (TPSA) is 115 Å². The Kier molecular flexibility index (Phi) is 7.34. The van der Waals surface area contributed by atoms with Crippen molar-refractivity contribution in [2.24, 2.45) is 0 Å². The molecule has 0 aliphatic carbocycles. The van der Waals surface area contributed by atoms with Gasteiger partial charge in [-0.25, -0.2) is 28.5 Å². The molecule has 1 aromatic carbocycles. The first-order chi connectivity index (χ1) is 15.0. The monoisotopic (exact) mass is 482 g/mol. The fourth-order valence-electron chi connectivity index (χ4n) is 2.62. The van der Waals surface area contributed by atoms with Crippen molar-refractivity contribution >= 4 is 50.5 Å². The predicted molar refractivity (Wildman–Crippen MR) is 123 cm³/mol. The van der Waals surface area contributed by atoms with Crippen LogP contribution in [0.15, 0.2) is 23.4 Å². The first kappa shape index (κ1) is 23.9. The zero-order valence-electron chi connectivity index (χ0n) is 18.0. The standard InChI is InChI=1S/C20H24F2N6O2S2/c1-10(8-24-19(29)30-20(2,3)4)25-15-14-16(26-17(23)32-14)28-18(27-15)31-9-11-6-5-7-12(21)13(11)22/h5-7,10H,8-9H2,1-4H3,(H,24,29)(H3,23,25,26,27,28)/t10-/m1/s1. The molecule has 2 aromatic heterocycles. The summed E-state index contributed by atoms with van der Waals surface area (Å²) in [7, 11) is 0. The lowest BCUT2D eigenvalue weighted by Crippen LogP contribution is -2.38. The highest BCUT2D eigenvalue weighted by molar-refractivity contribution is 7.98. The lowest BCUT2D eigenvalue weighted by atomic mass is 10.2. The highest BCUT2D eigenvalue weighted by Gasteiger charge is 2.18. The zero-order valence-corrected chi connectivity index (χ0v) is 19.7. The SMILES string of the molecule is C[C@H](CNC(=O)OC(C)(C)C)Nc1nc(SCc2cccc(F)c2F)nc2nc(N)sc12. The summed E-state index contributed by atoms with van der Waals surface area (Å²) in [6.07, 6.45) is -0.519. The summed E-state index contributed by atoms with van der Waals surface area (Å²) in [6.45, 7) is 7.51. The number of nitrogens with zero attached hydrogens (tertiary/aromatic N) is 3. The second-order valence-corrected chi connectivity index (χ2v) is 9.96. The van der Waals surface area contributed by atoms with E-state index in [9.17, 15) is 13.6 Å². The van der Waals surface area contributed by atoms with E-state index in [1.54, 1.807) is 20.8 Å². The number of ether oxygens (including phenoxy) is 1. The molecule has 0 radical (unpaired) electrons. The number of fused-ring (bicyclic) bond motifs is 1. The van der Waals surface area contributed by atoms with E-state index in [-0.39, 0.29) is 23.9 Å². The summed E-state index contributed by atoms with van der Waals surface area (Å²) in [5, 5.41) is 6.58. The van der Waals surface area contributed by atoms with Crippen LogP contribution in [0.3, 0.4) is 0 Å². The largest absolute Gasteiger partial charge is 0.444 e. The van der Waals surface area contributed by atoms with Gasteiger partial charge in [-0.2, -0.15) is 0 Å². The number of halogens is 2. The van der Waals surface area contributed by atoms with Gasteiger partial charge in [0.05, 0.1) is 0 Å². The molecule has 0 bridgehead atoms. The lowest BCUT2D eigenvalue weighted by molar-refractivity contribution is 0.0526. The Hall–Kier alpha value is -2.73. The van der Waals surface area contributed by atoms with Crippen LogP contribution in [0.4, 0.5) is 24.5 Å². The maximum atomic E-state index is 14.0. The number of carbonyl (C=O) groups is 1. The molecule has 172 valence electrons. The maximum absolute atomic E-state index is 14.0. The van der Waals surface area contributed by atoms with E-state index >= 15 is 0 Å². The zero-order chi connectivity index (χ0) is 23.5. The highest BCUT2D eigenvalue weighted by Crippen LogP contribution is 2.32. The number of alkyl carbamates (subject to hydrolysis) is 1. The number of amides is 1. The molecule has 12 heteroatoms. The van der Waals surface area contributed by atoms with Crippen molar-refractivity contribution in [1.82, 2.24) is 20.3 Å². The molecule has 0 spiro atoms. The van der Waals surface area contributed by atoms with Crippen LogP contribution < -0.4 is 16.4 Å². The Morgan fingerprint density at radius 1 is 1.28 bits per heavy atom. The Morgan fingerprint density at radius 2 is 2.03 bits per heavy atom. The van der Waals surface area contributed by atoms with Crippen LogP contribution in [0.2, 0.25) is 0 Å². The molecule has 2 heterocycles. The number of thiazole rings is 1. The normalized spacial score (nSPS) is 12.6. The van der Waals surface area contributed by atoms with Gasteiger partial charge in [-0.1, -0.05) is 35.2 Å². The van der Waals surface area contributed by atoms with E-state index in [4.69, 9.17) is 10.5 Å². The molecular formula is C20H24F2N6O2S2. The van der Waals surface area contributed by atoms with Gasteiger partial charge < -0.3 is 21.1 Å². The fraction of sp³-hybridized carbons (Fsp3) is 0.400. The average Bonchev–Trinajstić information content (AvgIpc) is 3.07. The number of rotatable bonds is 7. The summed E-state index contributed by atoms with van der Waals surface area (Å²) in [6, 6.07) is 3.82. The number of benzene rings is 1. The van der Waals surface area contributed by atoms with Gasteiger partial charge in [0.25, 0.3) is 0 Å². The second-order valence-electron chi connectivity index (χ2n) is 7.99. The molecule has 0 unspecified atom stereocenters. The number of carbonyl (C=O) groups excluding carboxylic acids is 1. The number of nitrogen functional groups attached to an aromatic ring is 1. The average molecular weight is 483 g/mol. The van der Waals surface area contributed by atoms with Crippen molar-refractivity contribution in [3.05, 3.63) is 35.4 Å². The van der Waals surface area contributed by atoms with Gasteiger partial charge in [0.2, 0.25) is 0 Å². The Morgan fingerprint density at radius 3 is 2.75 bits per heavy atom. The number of nitrogens with one attached hydrogen (secondary N) is 2. The second kappa shape index (κ2) is 9.82.